The largest absolute Gasteiger partial charge is 0.493 e. The fourth-order valence-electron chi connectivity index (χ4n) is 5.99. The summed E-state index contributed by atoms with van der Waals surface area (Å²) < 4.78 is 22.3. The first kappa shape index (κ1) is 28.3. The lowest BCUT2D eigenvalue weighted by molar-refractivity contribution is 0.145. The highest BCUT2D eigenvalue weighted by atomic mass is 32.2. The van der Waals surface area contributed by atoms with Crippen LogP contribution < -0.4 is 18.9 Å². The van der Waals surface area contributed by atoms with Crippen LogP contribution in [0.15, 0.2) is 36.4 Å². The highest BCUT2D eigenvalue weighted by molar-refractivity contribution is 8.18. The maximum absolute atomic E-state index is 5.66. The molecule has 37 heavy (non-hydrogen) atoms. The molecular formula is C30H43NO4S2. The van der Waals surface area contributed by atoms with Crippen LogP contribution in [-0.4, -0.2) is 65.0 Å². The first-order chi connectivity index (χ1) is 17.9. The quantitative estimate of drug-likeness (QED) is 0.290. The fourth-order valence-corrected chi connectivity index (χ4v) is 9.64. The van der Waals surface area contributed by atoms with Crippen molar-refractivity contribution in [2.75, 3.05) is 60.1 Å². The Balaban J connectivity index is 1.47. The molecule has 7 heteroatoms. The van der Waals surface area contributed by atoms with E-state index in [0.29, 0.717) is 5.92 Å². The number of rotatable bonds is 12. The third kappa shape index (κ3) is 6.15. The predicted molar refractivity (Wildman–Crippen MR) is 157 cm³/mol. The second-order valence-electron chi connectivity index (χ2n) is 10.6. The van der Waals surface area contributed by atoms with Crippen molar-refractivity contribution in [3.8, 4) is 23.0 Å². The lowest BCUT2D eigenvalue weighted by Gasteiger charge is -2.46. The summed E-state index contributed by atoms with van der Waals surface area (Å²) in [5.41, 5.74) is 2.91. The zero-order valence-corrected chi connectivity index (χ0v) is 24.9. The highest BCUT2D eigenvalue weighted by Gasteiger charge is 2.41. The van der Waals surface area contributed by atoms with Gasteiger partial charge in [0.05, 0.1) is 32.5 Å². The molecular weight excluding hydrogens is 502 g/mol. The molecule has 1 aliphatic carbocycles. The maximum Gasteiger partial charge on any atom is 0.161 e. The average Bonchev–Trinajstić information content (AvgIpc) is 2.90. The first-order valence-corrected chi connectivity index (χ1v) is 15.3. The molecule has 0 amide bonds. The Kier molecular flexibility index (Phi) is 9.52. The molecule has 0 aromatic heterocycles. The lowest BCUT2D eigenvalue weighted by Crippen LogP contribution is -2.45. The topological polar surface area (TPSA) is 40.2 Å². The number of nitrogens with zero attached hydrogens (tertiary/aromatic N) is 1. The van der Waals surface area contributed by atoms with Crippen LogP contribution in [-0.2, 0) is 9.49 Å². The molecule has 1 heterocycles. The van der Waals surface area contributed by atoms with E-state index in [0.717, 1.165) is 42.5 Å². The van der Waals surface area contributed by atoms with Gasteiger partial charge in [0.25, 0.3) is 0 Å². The number of methoxy groups -OCH3 is 4. The Morgan fingerprint density at radius 1 is 0.784 bits per heavy atom. The number of thioether (sulfide) groups is 2. The molecule has 1 atom stereocenters. The van der Waals surface area contributed by atoms with Crippen LogP contribution in [0.5, 0.6) is 23.0 Å². The van der Waals surface area contributed by atoms with Crippen molar-refractivity contribution < 1.29 is 18.9 Å². The molecule has 204 valence electrons. The number of ether oxygens (including phenoxy) is 4. The van der Waals surface area contributed by atoms with E-state index >= 15 is 0 Å². The molecule has 2 aromatic rings. The van der Waals surface area contributed by atoms with Gasteiger partial charge in [0.2, 0.25) is 0 Å². The van der Waals surface area contributed by atoms with Crippen molar-refractivity contribution in [3.63, 3.8) is 0 Å². The molecule has 0 spiro atoms. The van der Waals surface area contributed by atoms with Crippen molar-refractivity contribution in [1.29, 1.82) is 0 Å². The SMILES string of the molecule is COc1ccc(C2(CN(C)C[C@@H](C)CC3(c4ccc(OC)c(OC)c4)SCCCS3)CCC2)cc1OC. The number of likely N-dealkylation sites (N-methyl/N-ethyl adjacent to an activating group) is 1. The second-order valence-corrected chi connectivity index (χ2v) is 13.6. The van der Waals surface area contributed by atoms with E-state index in [-0.39, 0.29) is 9.49 Å². The average molecular weight is 546 g/mol. The molecule has 0 radical (unpaired) electrons. The third-order valence-electron chi connectivity index (χ3n) is 7.90. The van der Waals surface area contributed by atoms with Crippen molar-refractivity contribution in [1.82, 2.24) is 4.90 Å². The minimum atomic E-state index is 0.0512. The molecule has 0 bridgehead atoms. The minimum Gasteiger partial charge on any atom is -0.493 e. The molecule has 2 fully saturated rings. The van der Waals surface area contributed by atoms with E-state index in [1.165, 1.54) is 48.3 Å². The Hall–Kier alpha value is -1.70. The predicted octanol–water partition coefficient (Wildman–Crippen LogP) is 6.82. The van der Waals surface area contributed by atoms with Crippen LogP contribution in [0.2, 0.25) is 0 Å². The van der Waals surface area contributed by atoms with Gasteiger partial charge in [-0.1, -0.05) is 25.5 Å². The van der Waals surface area contributed by atoms with Gasteiger partial charge in [-0.3, -0.25) is 0 Å². The van der Waals surface area contributed by atoms with Gasteiger partial charge < -0.3 is 23.8 Å². The van der Waals surface area contributed by atoms with E-state index in [4.69, 9.17) is 18.9 Å². The zero-order chi connectivity index (χ0) is 26.5. The van der Waals surface area contributed by atoms with Crippen molar-refractivity contribution in [2.24, 2.45) is 5.92 Å². The third-order valence-corrected chi connectivity index (χ3v) is 11.3. The summed E-state index contributed by atoms with van der Waals surface area (Å²) in [6, 6.07) is 13.0. The highest BCUT2D eigenvalue weighted by Crippen LogP contribution is 2.55. The Morgan fingerprint density at radius 3 is 1.84 bits per heavy atom. The minimum absolute atomic E-state index is 0.0512. The van der Waals surface area contributed by atoms with Crippen LogP contribution in [0.25, 0.3) is 0 Å². The monoisotopic (exact) mass is 545 g/mol. The van der Waals surface area contributed by atoms with E-state index in [9.17, 15) is 0 Å². The Morgan fingerprint density at radius 2 is 1.32 bits per heavy atom. The van der Waals surface area contributed by atoms with E-state index in [1.54, 1.807) is 28.4 Å². The smallest absolute Gasteiger partial charge is 0.161 e. The van der Waals surface area contributed by atoms with Crippen LogP contribution >= 0.6 is 23.5 Å². The summed E-state index contributed by atoms with van der Waals surface area (Å²) >= 11 is 4.21. The molecule has 4 rings (SSSR count). The summed E-state index contributed by atoms with van der Waals surface area (Å²) in [7, 11) is 9.14. The van der Waals surface area contributed by atoms with Crippen LogP contribution in [0.4, 0.5) is 0 Å². The molecule has 0 N–H and O–H groups in total. The van der Waals surface area contributed by atoms with Gasteiger partial charge in [0, 0.05) is 18.5 Å². The van der Waals surface area contributed by atoms with Gasteiger partial charge in [-0.2, -0.15) is 0 Å². The molecule has 5 nitrogen and oxygen atoms in total. The van der Waals surface area contributed by atoms with Gasteiger partial charge in [0.1, 0.15) is 0 Å². The molecule has 1 saturated heterocycles. The van der Waals surface area contributed by atoms with Gasteiger partial charge in [0.15, 0.2) is 23.0 Å². The van der Waals surface area contributed by atoms with Gasteiger partial charge in [-0.05, 0) is 85.5 Å². The number of hydrogen-bond acceptors (Lipinski definition) is 7. The van der Waals surface area contributed by atoms with Crippen LogP contribution in [0, 0.1) is 5.92 Å². The van der Waals surface area contributed by atoms with Crippen molar-refractivity contribution in [2.45, 2.75) is 48.5 Å². The maximum atomic E-state index is 5.66. The summed E-state index contributed by atoms with van der Waals surface area (Å²) in [6.45, 7) is 4.56. The molecule has 2 aliphatic rings. The van der Waals surface area contributed by atoms with E-state index in [1.807, 2.05) is 0 Å². The summed E-state index contributed by atoms with van der Waals surface area (Å²) in [4.78, 5) is 2.56. The molecule has 1 saturated carbocycles. The summed E-state index contributed by atoms with van der Waals surface area (Å²) in [5, 5.41) is 0. The Bertz CT molecular complexity index is 1040. The summed E-state index contributed by atoms with van der Waals surface area (Å²) in [5.74, 6) is 6.19. The fraction of sp³-hybridized carbons (Fsp3) is 0.600. The lowest BCUT2D eigenvalue weighted by atomic mass is 9.64. The molecule has 0 unspecified atom stereocenters. The van der Waals surface area contributed by atoms with Crippen LogP contribution in [0.1, 0.15) is 50.2 Å². The normalized spacial score (nSPS) is 19.1. The van der Waals surface area contributed by atoms with Crippen molar-refractivity contribution >= 4 is 23.5 Å². The van der Waals surface area contributed by atoms with E-state index in [2.05, 4.69) is 78.8 Å². The molecule has 1 aliphatic heterocycles. The Labute approximate surface area is 232 Å². The van der Waals surface area contributed by atoms with Crippen molar-refractivity contribution in [3.05, 3.63) is 47.5 Å². The second kappa shape index (κ2) is 12.4. The van der Waals surface area contributed by atoms with Gasteiger partial charge >= 0.3 is 0 Å². The number of benzene rings is 2. The zero-order valence-electron chi connectivity index (χ0n) is 23.3. The van der Waals surface area contributed by atoms with Crippen LogP contribution in [0.3, 0.4) is 0 Å². The molecule has 2 aromatic carbocycles. The van der Waals surface area contributed by atoms with Gasteiger partial charge in [-0.15, -0.1) is 23.5 Å². The van der Waals surface area contributed by atoms with Gasteiger partial charge in [-0.25, -0.2) is 0 Å². The first-order valence-electron chi connectivity index (χ1n) is 13.3. The standard InChI is InChI=1S/C30H43NO4S2/c1-22(19-30(36-15-8-16-37-30)24-10-12-26(33-4)28(18-24)35-6)20-31(2)21-29(13-7-14-29)23-9-11-25(32-3)27(17-23)34-5/h9-12,17-18,22H,7-8,13-16,19-21H2,1-6H3/t22-/m0/s1. The van der Waals surface area contributed by atoms with E-state index < -0.39 is 0 Å². The number of hydrogen-bond donors (Lipinski definition) is 0. The summed E-state index contributed by atoms with van der Waals surface area (Å²) in [6.07, 6.45) is 6.14.